The Bertz CT molecular complexity index is 780. The highest BCUT2D eigenvalue weighted by atomic mass is 32.2. The number of hydrogen-bond donors (Lipinski definition) is 4. The summed E-state index contributed by atoms with van der Waals surface area (Å²) in [7, 11) is -4.30. The third-order valence-electron chi connectivity index (χ3n) is 3.32. The number of aromatic nitrogens is 2. The van der Waals surface area contributed by atoms with Crippen LogP contribution in [0.4, 0.5) is 0 Å². The van der Waals surface area contributed by atoms with Crippen LogP contribution in [0.5, 0.6) is 0 Å². The molecule has 11 heteroatoms. The normalized spacial score (nSPS) is 25.9. The molecule has 2 rings (SSSR count). The highest BCUT2D eigenvalue weighted by molar-refractivity contribution is 7.89. The minimum atomic E-state index is -4.30. The number of sulfonamides is 1. The average Bonchev–Trinajstić information content (AvgIpc) is 2.71. The fourth-order valence-corrected chi connectivity index (χ4v) is 3.23. The first-order chi connectivity index (χ1) is 9.67. The number of nitrogens with one attached hydrogen (secondary N) is 3. The monoisotopic (exact) mass is 319 g/mol. The molecule has 2 atom stereocenters. The molecule has 1 aliphatic heterocycles. The number of hydrogen-bond acceptors (Lipinski definition) is 6. The first kappa shape index (κ1) is 15.4. The molecule has 1 aliphatic rings. The zero-order valence-electron chi connectivity index (χ0n) is 10.9. The van der Waals surface area contributed by atoms with E-state index in [1.165, 1.54) is 6.92 Å². The van der Waals surface area contributed by atoms with E-state index in [2.05, 4.69) is 4.72 Å². The second-order valence-corrected chi connectivity index (χ2v) is 6.53. The van der Waals surface area contributed by atoms with Crippen LogP contribution in [0.1, 0.15) is 6.92 Å². The van der Waals surface area contributed by atoms with Gasteiger partial charge in [-0.2, -0.15) is 0 Å². The first-order valence-corrected chi connectivity index (χ1v) is 7.30. The van der Waals surface area contributed by atoms with Gasteiger partial charge in [0.15, 0.2) is 4.90 Å². The van der Waals surface area contributed by atoms with E-state index in [1.807, 2.05) is 4.98 Å². The van der Waals surface area contributed by atoms with Gasteiger partial charge in [-0.3, -0.25) is 14.6 Å². The number of aromatic amines is 2. The van der Waals surface area contributed by atoms with Crippen LogP contribution in [0.2, 0.25) is 0 Å². The summed E-state index contributed by atoms with van der Waals surface area (Å²) in [6.07, 6.45) is 0.747. The number of carboxylic acids is 1. The third kappa shape index (κ3) is 2.75. The second kappa shape index (κ2) is 5.09. The minimum Gasteiger partial charge on any atom is -0.481 e. The van der Waals surface area contributed by atoms with Gasteiger partial charge in [-0.05, 0) is 6.92 Å². The van der Waals surface area contributed by atoms with Crippen molar-refractivity contribution in [3.8, 4) is 0 Å². The number of aliphatic carboxylic acids is 1. The summed E-state index contributed by atoms with van der Waals surface area (Å²) < 4.78 is 31.4. The Hall–Kier alpha value is -1.98. The Morgan fingerprint density at radius 3 is 2.76 bits per heavy atom. The molecule has 0 spiro atoms. The zero-order valence-corrected chi connectivity index (χ0v) is 11.7. The van der Waals surface area contributed by atoms with Crippen LogP contribution in [0.25, 0.3) is 0 Å². The second-order valence-electron chi connectivity index (χ2n) is 4.85. The number of carbonyl (C=O) groups is 1. The van der Waals surface area contributed by atoms with Gasteiger partial charge in [0.05, 0.1) is 19.3 Å². The van der Waals surface area contributed by atoms with Crippen molar-refractivity contribution < 1.29 is 23.1 Å². The smallest absolute Gasteiger partial charge is 0.325 e. The number of rotatable bonds is 4. The van der Waals surface area contributed by atoms with Crippen LogP contribution in [0, 0.1) is 5.41 Å². The molecule has 0 aliphatic carbocycles. The molecular formula is C10H13N3O7S. The van der Waals surface area contributed by atoms with E-state index in [4.69, 9.17) is 4.74 Å². The third-order valence-corrected chi connectivity index (χ3v) is 4.79. The van der Waals surface area contributed by atoms with Crippen molar-refractivity contribution in [3.63, 3.8) is 0 Å². The van der Waals surface area contributed by atoms with E-state index in [1.54, 1.807) is 4.98 Å². The molecule has 0 bridgehead atoms. The SMILES string of the molecule is CC1(C(=O)O)COCC1NS(=O)(=O)c1c[nH]c(=O)[nH]c1=O. The van der Waals surface area contributed by atoms with Crippen LogP contribution in [-0.2, 0) is 19.6 Å². The van der Waals surface area contributed by atoms with E-state index in [-0.39, 0.29) is 13.2 Å². The lowest BCUT2D eigenvalue weighted by molar-refractivity contribution is -0.148. The Labute approximate surface area is 118 Å². The largest absolute Gasteiger partial charge is 0.481 e. The van der Waals surface area contributed by atoms with Crippen LogP contribution in [0.3, 0.4) is 0 Å². The Balaban J connectivity index is 2.36. The zero-order chi connectivity index (χ0) is 15.8. The van der Waals surface area contributed by atoms with Gasteiger partial charge in [-0.1, -0.05) is 0 Å². The van der Waals surface area contributed by atoms with Gasteiger partial charge in [0.2, 0.25) is 10.0 Å². The molecule has 0 radical (unpaired) electrons. The maximum atomic E-state index is 12.1. The Morgan fingerprint density at radius 2 is 2.19 bits per heavy atom. The van der Waals surface area contributed by atoms with E-state index >= 15 is 0 Å². The predicted molar refractivity (Wildman–Crippen MR) is 68.4 cm³/mol. The average molecular weight is 319 g/mol. The standard InChI is InChI=1S/C10H13N3O7S/c1-10(8(15)16)4-20-3-6(10)13-21(18,19)5-2-11-9(17)12-7(5)14/h2,6,13H,3-4H2,1H3,(H,15,16)(H2,11,12,14,17). The molecule has 4 N–H and O–H groups in total. The van der Waals surface area contributed by atoms with Gasteiger partial charge in [-0.25, -0.2) is 17.9 Å². The van der Waals surface area contributed by atoms with Gasteiger partial charge in [-0.15, -0.1) is 0 Å². The first-order valence-electron chi connectivity index (χ1n) is 5.82. The maximum Gasteiger partial charge on any atom is 0.325 e. The Morgan fingerprint density at radius 1 is 1.52 bits per heavy atom. The van der Waals surface area contributed by atoms with Crippen molar-refractivity contribution in [1.29, 1.82) is 0 Å². The van der Waals surface area contributed by atoms with Gasteiger partial charge in [0, 0.05) is 6.20 Å². The van der Waals surface area contributed by atoms with E-state index in [9.17, 15) is 27.9 Å². The number of carboxylic acid groups (broad SMARTS) is 1. The predicted octanol–water partition coefficient (Wildman–Crippen LogP) is -2.17. The molecule has 0 saturated carbocycles. The molecule has 1 saturated heterocycles. The van der Waals surface area contributed by atoms with Crippen LogP contribution < -0.4 is 16.0 Å². The maximum absolute atomic E-state index is 12.1. The van der Waals surface area contributed by atoms with Crippen molar-refractivity contribution in [2.75, 3.05) is 13.2 Å². The minimum absolute atomic E-state index is 0.136. The highest BCUT2D eigenvalue weighted by Gasteiger charge is 2.48. The van der Waals surface area contributed by atoms with Crippen molar-refractivity contribution in [2.24, 2.45) is 5.41 Å². The van der Waals surface area contributed by atoms with Gasteiger partial charge >= 0.3 is 11.7 Å². The molecule has 2 heterocycles. The quantitative estimate of drug-likeness (QED) is 0.491. The summed E-state index contributed by atoms with van der Waals surface area (Å²) in [5.74, 6) is -1.22. The van der Waals surface area contributed by atoms with Crippen molar-refractivity contribution in [1.82, 2.24) is 14.7 Å². The van der Waals surface area contributed by atoms with E-state index < -0.39 is 43.6 Å². The molecule has 0 aromatic carbocycles. The van der Waals surface area contributed by atoms with Gasteiger partial charge in [0.1, 0.15) is 5.41 Å². The number of H-pyrrole nitrogens is 2. The fourth-order valence-electron chi connectivity index (χ4n) is 1.90. The van der Waals surface area contributed by atoms with Crippen LogP contribution >= 0.6 is 0 Å². The lowest BCUT2D eigenvalue weighted by Crippen LogP contribution is -2.50. The lowest BCUT2D eigenvalue weighted by Gasteiger charge is -2.24. The summed E-state index contributed by atoms with van der Waals surface area (Å²) in [5, 5.41) is 9.17. The molecule has 1 aromatic rings. The van der Waals surface area contributed by atoms with Crippen LogP contribution in [-0.4, -0.2) is 48.7 Å². The Kier molecular flexibility index (Phi) is 3.74. The molecule has 21 heavy (non-hydrogen) atoms. The van der Waals surface area contributed by atoms with E-state index in [0.717, 1.165) is 6.20 Å². The molecule has 0 amide bonds. The number of ether oxygens (including phenoxy) is 1. The highest BCUT2D eigenvalue weighted by Crippen LogP contribution is 2.29. The summed E-state index contributed by atoms with van der Waals surface area (Å²) in [6, 6.07) is -1.04. The van der Waals surface area contributed by atoms with Gasteiger partial charge < -0.3 is 14.8 Å². The van der Waals surface area contributed by atoms with Crippen molar-refractivity contribution >= 4 is 16.0 Å². The molecule has 2 unspecified atom stereocenters. The van der Waals surface area contributed by atoms with Crippen LogP contribution in [0.15, 0.2) is 20.7 Å². The fraction of sp³-hybridized carbons (Fsp3) is 0.500. The van der Waals surface area contributed by atoms with E-state index in [0.29, 0.717) is 0 Å². The van der Waals surface area contributed by atoms with Crippen molar-refractivity contribution in [2.45, 2.75) is 17.9 Å². The summed E-state index contributed by atoms with van der Waals surface area (Å²) in [6.45, 7) is 1.05. The lowest BCUT2D eigenvalue weighted by atomic mass is 9.86. The molecule has 1 aromatic heterocycles. The molecule has 10 nitrogen and oxygen atoms in total. The molecule has 116 valence electrons. The molecule has 1 fully saturated rings. The summed E-state index contributed by atoms with van der Waals surface area (Å²) in [4.78, 5) is 36.7. The summed E-state index contributed by atoms with van der Waals surface area (Å²) >= 11 is 0. The molecular weight excluding hydrogens is 306 g/mol. The summed E-state index contributed by atoms with van der Waals surface area (Å²) in [5.41, 5.74) is -3.39. The topological polar surface area (TPSA) is 158 Å². The van der Waals surface area contributed by atoms with Crippen molar-refractivity contribution in [3.05, 3.63) is 27.0 Å². The van der Waals surface area contributed by atoms with Gasteiger partial charge in [0.25, 0.3) is 5.56 Å².